The van der Waals surface area contributed by atoms with E-state index in [1.54, 1.807) is 0 Å². The van der Waals surface area contributed by atoms with Gasteiger partial charge in [-0.15, -0.1) is 0 Å². The summed E-state index contributed by atoms with van der Waals surface area (Å²) < 4.78 is 16.5. The maximum Gasteiger partial charge on any atom is 0.306 e. The summed E-state index contributed by atoms with van der Waals surface area (Å²) in [5.41, 5.74) is 0. The van der Waals surface area contributed by atoms with Crippen LogP contribution in [-0.4, -0.2) is 37.2 Å². The van der Waals surface area contributed by atoms with Gasteiger partial charge in [0.05, 0.1) is 0 Å². The van der Waals surface area contributed by atoms with Gasteiger partial charge in [0.2, 0.25) is 0 Å². The molecule has 6 nitrogen and oxygen atoms in total. The monoisotopic (exact) mass is 755 g/mol. The van der Waals surface area contributed by atoms with Gasteiger partial charge in [0.1, 0.15) is 13.2 Å². The fraction of sp³-hybridized carbons (Fsp3) is 0.729. The van der Waals surface area contributed by atoms with E-state index < -0.39 is 6.10 Å². The highest BCUT2D eigenvalue weighted by molar-refractivity contribution is 5.71. The number of allylic oxidation sites excluding steroid dienone is 10. The molecular weight excluding hydrogens is 673 g/mol. The molecule has 0 aromatic carbocycles. The Labute approximate surface area is 332 Å². The van der Waals surface area contributed by atoms with Crippen molar-refractivity contribution in [2.24, 2.45) is 0 Å². The molecule has 0 aromatic heterocycles. The highest BCUT2D eigenvalue weighted by atomic mass is 16.6. The van der Waals surface area contributed by atoms with Gasteiger partial charge in [-0.3, -0.25) is 14.4 Å². The summed E-state index contributed by atoms with van der Waals surface area (Å²) in [6.07, 6.45) is 50.9. The van der Waals surface area contributed by atoms with Crippen LogP contribution in [0.25, 0.3) is 0 Å². The SMILES string of the molecule is CC/C=C\C/C=C\C/C=C\C/C=C\CCCCC(=O)OC(COC(=O)CCCCCCC)COC(=O)CCCCCCC/C=C\CCCCCCCCC. The van der Waals surface area contributed by atoms with E-state index in [9.17, 15) is 14.4 Å². The minimum absolute atomic E-state index is 0.0950. The minimum atomic E-state index is -0.793. The maximum atomic E-state index is 12.6. The van der Waals surface area contributed by atoms with Crippen molar-refractivity contribution in [3.05, 3.63) is 60.8 Å². The van der Waals surface area contributed by atoms with Gasteiger partial charge in [0.15, 0.2) is 6.10 Å². The Morgan fingerprint density at radius 3 is 1.19 bits per heavy atom. The van der Waals surface area contributed by atoms with E-state index in [2.05, 4.69) is 81.5 Å². The Kier molecular flexibility index (Phi) is 40.6. The predicted octanol–water partition coefficient (Wildman–Crippen LogP) is 14.1. The van der Waals surface area contributed by atoms with Gasteiger partial charge in [-0.2, -0.15) is 0 Å². The van der Waals surface area contributed by atoms with E-state index in [1.165, 1.54) is 70.6 Å². The highest BCUT2D eigenvalue weighted by Crippen LogP contribution is 2.12. The molecule has 6 heteroatoms. The lowest BCUT2D eigenvalue weighted by Gasteiger charge is -2.18. The molecule has 1 unspecified atom stereocenters. The third kappa shape index (κ3) is 40.3. The number of carbonyl (C=O) groups is 3. The van der Waals surface area contributed by atoms with Crippen molar-refractivity contribution < 1.29 is 28.6 Å². The lowest BCUT2D eigenvalue weighted by atomic mass is 10.1. The molecule has 0 radical (unpaired) electrons. The third-order valence-corrected chi connectivity index (χ3v) is 9.26. The summed E-state index contributed by atoms with van der Waals surface area (Å²) in [5.74, 6) is -0.963. The zero-order valence-electron chi connectivity index (χ0n) is 35.2. The zero-order valence-corrected chi connectivity index (χ0v) is 35.2. The van der Waals surface area contributed by atoms with E-state index in [0.717, 1.165) is 89.9 Å². The van der Waals surface area contributed by atoms with Crippen molar-refractivity contribution in [1.29, 1.82) is 0 Å². The van der Waals surface area contributed by atoms with Crippen LogP contribution in [0, 0.1) is 0 Å². The molecule has 0 rings (SSSR count). The van der Waals surface area contributed by atoms with Gasteiger partial charge in [-0.25, -0.2) is 0 Å². The summed E-state index contributed by atoms with van der Waals surface area (Å²) in [6, 6.07) is 0. The predicted molar refractivity (Wildman–Crippen MR) is 228 cm³/mol. The van der Waals surface area contributed by atoms with Gasteiger partial charge in [-0.05, 0) is 83.5 Å². The topological polar surface area (TPSA) is 78.9 Å². The van der Waals surface area contributed by atoms with E-state index in [-0.39, 0.29) is 37.5 Å². The Balaban J connectivity index is 4.32. The Morgan fingerprint density at radius 1 is 0.389 bits per heavy atom. The molecule has 0 aliphatic carbocycles. The quantitative estimate of drug-likeness (QED) is 0.0269. The minimum Gasteiger partial charge on any atom is -0.462 e. The molecular formula is C48H82O6. The van der Waals surface area contributed by atoms with E-state index in [0.29, 0.717) is 19.3 Å². The van der Waals surface area contributed by atoms with Gasteiger partial charge in [-0.1, -0.05) is 165 Å². The fourth-order valence-electron chi connectivity index (χ4n) is 5.90. The number of carbonyl (C=O) groups excluding carboxylic acids is 3. The van der Waals surface area contributed by atoms with Crippen LogP contribution in [0.3, 0.4) is 0 Å². The van der Waals surface area contributed by atoms with Gasteiger partial charge < -0.3 is 14.2 Å². The van der Waals surface area contributed by atoms with E-state index in [4.69, 9.17) is 14.2 Å². The highest BCUT2D eigenvalue weighted by Gasteiger charge is 2.19. The Bertz CT molecular complexity index is 1010. The third-order valence-electron chi connectivity index (χ3n) is 9.26. The van der Waals surface area contributed by atoms with Crippen LogP contribution in [0.4, 0.5) is 0 Å². The first-order valence-corrected chi connectivity index (χ1v) is 22.3. The maximum absolute atomic E-state index is 12.6. The van der Waals surface area contributed by atoms with Crippen LogP contribution in [-0.2, 0) is 28.6 Å². The molecule has 0 aliphatic heterocycles. The van der Waals surface area contributed by atoms with Gasteiger partial charge in [0.25, 0.3) is 0 Å². The molecule has 0 amide bonds. The van der Waals surface area contributed by atoms with Crippen LogP contribution in [0.15, 0.2) is 60.8 Å². The molecule has 0 fully saturated rings. The molecule has 0 aliphatic rings. The van der Waals surface area contributed by atoms with Crippen LogP contribution in [0.5, 0.6) is 0 Å². The van der Waals surface area contributed by atoms with E-state index >= 15 is 0 Å². The second-order valence-corrected chi connectivity index (χ2v) is 14.6. The van der Waals surface area contributed by atoms with Crippen LogP contribution < -0.4 is 0 Å². The first-order valence-electron chi connectivity index (χ1n) is 22.3. The van der Waals surface area contributed by atoms with Crippen molar-refractivity contribution in [2.75, 3.05) is 13.2 Å². The van der Waals surface area contributed by atoms with Crippen LogP contribution in [0.1, 0.15) is 207 Å². The van der Waals surface area contributed by atoms with Crippen molar-refractivity contribution in [3.63, 3.8) is 0 Å². The second-order valence-electron chi connectivity index (χ2n) is 14.6. The first kappa shape index (κ1) is 51.1. The van der Waals surface area contributed by atoms with Crippen molar-refractivity contribution >= 4 is 17.9 Å². The molecule has 0 saturated carbocycles. The van der Waals surface area contributed by atoms with Gasteiger partial charge in [0, 0.05) is 19.3 Å². The van der Waals surface area contributed by atoms with Crippen LogP contribution >= 0.6 is 0 Å². The normalized spacial score (nSPS) is 12.6. The molecule has 0 N–H and O–H groups in total. The molecule has 0 bridgehead atoms. The molecule has 0 aromatic rings. The number of hydrogen-bond donors (Lipinski definition) is 0. The number of ether oxygens (including phenoxy) is 3. The lowest BCUT2D eigenvalue weighted by molar-refractivity contribution is -0.167. The smallest absolute Gasteiger partial charge is 0.306 e. The first-order chi connectivity index (χ1) is 26.5. The number of unbranched alkanes of at least 4 members (excludes halogenated alkanes) is 18. The molecule has 310 valence electrons. The molecule has 54 heavy (non-hydrogen) atoms. The van der Waals surface area contributed by atoms with E-state index in [1.807, 2.05) is 0 Å². The summed E-state index contributed by atoms with van der Waals surface area (Å²) >= 11 is 0. The number of hydrogen-bond acceptors (Lipinski definition) is 6. The summed E-state index contributed by atoms with van der Waals surface area (Å²) in [5, 5.41) is 0. The standard InChI is InChI=1S/C48H82O6/c1-4-7-10-13-15-17-19-21-23-25-26-28-30-32-35-38-41-47(50)53-44-45(43-52-46(49)40-37-34-12-9-6-3)54-48(51)42-39-36-33-31-29-27-24-22-20-18-16-14-11-8-5-2/h8,11,16,18,22-25,29,31,45H,4-7,9-10,12-15,17,19-21,26-28,30,32-44H2,1-3H3/b11-8-,18-16-,24-22-,25-23-,31-29-. The number of rotatable bonds is 39. The molecule has 0 heterocycles. The summed E-state index contributed by atoms with van der Waals surface area (Å²) in [6.45, 7) is 6.37. The Hall–Kier alpha value is -2.89. The zero-order chi connectivity index (χ0) is 39.4. The largest absolute Gasteiger partial charge is 0.462 e. The average Bonchev–Trinajstić information content (AvgIpc) is 3.17. The molecule has 0 saturated heterocycles. The lowest BCUT2D eigenvalue weighted by Crippen LogP contribution is -2.30. The Morgan fingerprint density at radius 2 is 0.722 bits per heavy atom. The molecule has 0 spiro atoms. The molecule has 1 atom stereocenters. The fourth-order valence-corrected chi connectivity index (χ4v) is 5.90. The average molecular weight is 755 g/mol. The number of esters is 3. The van der Waals surface area contributed by atoms with Crippen LogP contribution in [0.2, 0.25) is 0 Å². The van der Waals surface area contributed by atoms with Gasteiger partial charge >= 0.3 is 17.9 Å². The van der Waals surface area contributed by atoms with Crippen molar-refractivity contribution in [1.82, 2.24) is 0 Å². The summed E-state index contributed by atoms with van der Waals surface area (Å²) in [4.78, 5) is 37.4. The second kappa shape index (κ2) is 42.8. The summed E-state index contributed by atoms with van der Waals surface area (Å²) in [7, 11) is 0. The van der Waals surface area contributed by atoms with Crippen molar-refractivity contribution in [2.45, 2.75) is 213 Å². The van der Waals surface area contributed by atoms with Crippen molar-refractivity contribution in [3.8, 4) is 0 Å².